The quantitative estimate of drug-likeness (QED) is 0.584. The molecule has 0 spiro atoms. The normalized spacial score (nSPS) is 13.7. The highest BCUT2D eigenvalue weighted by Gasteiger charge is 2.36. The Morgan fingerprint density at radius 3 is 2.40 bits per heavy atom. The van der Waals surface area contributed by atoms with Crippen LogP contribution < -0.4 is 4.72 Å². The van der Waals surface area contributed by atoms with Gasteiger partial charge >= 0.3 is 0 Å². The molecular formula is C12H22BrNO3S2Si. The first-order valence-electron chi connectivity index (χ1n) is 6.35. The molecule has 0 amide bonds. The van der Waals surface area contributed by atoms with Crippen LogP contribution in [-0.4, -0.2) is 29.9 Å². The van der Waals surface area contributed by atoms with Crippen molar-refractivity contribution in [1.29, 1.82) is 0 Å². The Hall–Kier alpha value is 0.267. The Labute approximate surface area is 135 Å². The zero-order chi connectivity index (χ0) is 15.6. The van der Waals surface area contributed by atoms with E-state index in [4.69, 9.17) is 4.43 Å². The van der Waals surface area contributed by atoms with Crippen molar-refractivity contribution in [3.05, 3.63) is 15.9 Å². The fourth-order valence-electron chi connectivity index (χ4n) is 1.21. The average molecular weight is 400 g/mol. The first kappa shape index (κ1) is 18.3. The summed E-state index contributed by atoms with van der Waals surface area (Å²) in [5.41, 5.74) is 0. The second-order valence-corrected chi connectivity index (χ2v) is 15.3. The van der Waals surface area contributed by atoms with Gasteiger partial charge in [0.25, 0.3) is 0 Å². The summed E-state index contributed by atoms with van der Waals surface area (Å²) >= 11 is 4.46. The average Bonchev–Trinajstić information content (AvgIpc) is 2.70. The molecule has 1 heterocycles. The van der Waals surface area contributed by atoms with Gasteiger partial charge in [-0.05, 0) is 46.2 Å². The summed E-state index contributed by atoms with van der Waals surface area (Å²) in [5, 5.41) is 0.129. The molecule has 0 unspecified atom stereocenters. The van der Waals surface area contributed by atoms with E-state index < -0.39 is 18.3 Å². The molecule has 1 N–H and O–H groups in total. The third kappa shape index (κ3) is 4.92. The van der Waals surface area contributed by atoms with Crippen molar-refractivity contribution in [2.45, 2.75) is 43.1 Å². The van der Waals surface area contributed by atoms with Crippen molar-refractivity contribution < 1.29 is 12.8 Å². The lowest BCUT2D eigenvalue weighted by Gasteiger charge is -2.36. The van der Waals surface area contributed by atoms with Crippen LogP contribution in [0.25, 0.3) is 0 Å². The zero-order valence-corrected chi connectivity index (χ0v) is 16.7. The first-order valence-corrected chi connectivity index (χ1v) is 12.3. The van der Waals surface area contributed by atoms with E-state index in [2.05, 4.69) is 54.5 Å². The molecule has 0 aromatic carbocycles. The maximum atomic E-state index is 12.0. The summed E-state index contributed by atoms with van der Waals surface area (Å²) in [6.45, 7) is 11.5. The monoisotopic (exact) mass is 399 g/mol. The predicted molar refractivity (Wildman–Crippen MR) is 90.4 cm³/mol. The maximum Gasteiger partial charge on any atom is 0.250 e. The first-order chi connectivity index (χ1) is 8.96. The third-order valence-corrected chi connectivity index (χ3v) is 11.6. The summed E-state index contributed by atoms with van der Waals surface area (Å²) in [6.07, 6.45) is 0. The highest BCUT2D eigenvalue weighted by Crippen LogP contribution is 2.36. The van der Waals surface area contributed by atoms with Crippen molar-refractivity contribution in [1.82, 2.24) is 4.72 Å². The molecule has 0 radical (unpaired) electrons. The van der Waals surface area contributed by atoms with Crippen molar-refractivity contribution in [2.24, 2.45) is 0 Å². The predicted octanol–water partition coefficient (Wildman–Crippen LogP) is 3.81. The number of sulfonamides is 1. The van der Waals surface area contributed by atoms with Crippen molar-refractivity contribution >= 4 is 45.6 Å². The molecule has 0 fully saturated rings. The standard InChI is InChI=1S/C12H22BrNO3S2Si/c1-12(2,3)20(4,5)17-9-8-14-19(15,16)11-7-6-10(13)18-11/h6-7,14H,8-9H2,1-5H3. The van der Waals surface area contributed by atoms with E-state index in [-0.39, 0.29) is 5.04 Å². The fraction of sp³-hybridized carbons (Fsp3) is 0.667. The van der Waals surface area contributed by atoms with Crippen LogP contribution in [0, 0.1) is 0 Å². The van der Waals surface area contributed by atoms with Gasteiger partial charge in [-0.1, -0.05) is 20.8 Å². The van der Waals surface area contributed by atoms with Crippen LogP contribution in [0.15, 0.2) is 20.1 Å². The molecule has 0 aliphatic carbocycles. The third-order valence-electron chi connectivity index (χ3n) is 3.48. The Bertz CT molecular complexity index is 549. The van der Waals surface area contributed by atoms with E-state index in [0.717, 1.165) is 3.79 Å². The van der Waals surface area contributed by atoms with Gasteiger partial charge < -0.3 is 4.43 Å². The van der Waals surface area contributed by atoms with Crippen molar-refractivity contribution in [3.8, 4) is 0 Å². The number of rotatable bonds is 6. The Kier molecular flexibility index (Phi) is 6.02. The lowest BCUT2D eigenvalue weighted by Crippen LogP contribution is -2.42. The molecule has 0 aliphatic heterocycles. The van der Waals surface area contributed by atoms with Gasteiger partial charge in [-0.25, -0.2) is 13.1 Å². The van der Waals surface area contributed by atoms with E-state index >= 15 is 0 Å². The Morgan fingerprint density at radius 2 is 1.95 bits per heavy atom. The van der Waals surface area contributed by atoms with Crippen molar-refractivity contribution in [3.63, 3.8) is 0 Å². The molecule has 1 rings (SSSR count). The summed E-state index contributed by atoms with van der Waals surface area (Å²) in [6, 6.07) is 3.32. The minimum absolute atomic E-state index is 0.129. The smallest absolute Gasteiger partial charge is 0.250 e. The minimum Gasteiger partial charge on any atom is -0.415 e. The van der Waals surface area contributed by atoms with Crippen LogP contribution in [0.1, 0.15) is 20.8 Å². The molecule has 1 aromatic heterocycles. The van der Waals surface area contributed by atoms with Gasteiger partial charge in [0, 0.05) is 13.2 Å². The highest BCUT2D eigenvalue weighted by atomic mass is 79.9. The van der Waals surface area contributed by atoms with Crippen LogP contribution in [0.4, 0.5) is 0 Å². The summed E-state index contributed by atoms with van der Waals surface area (Å²) < 4.78 is 33.6. The van der Waals surface area contributed by atoms with E-state index in [0.29, 0.717) is 17.4 Å². The van der Waals surface area contributed by atoms with Gasteiger partial charge in [-0.2, -0.15) is 0 Å². The van der Waals surface area contributed by atoms with Crippen molar-refractivity contribution in [2.75, 3.05) is 13.2 Å². The van der Waals surface area contributed by atoms with Gasteiger partial charge in [-0.15, -0.1) is 11.3 Å². The van der Waals surface area contributed by atoms with E-state index in [9.17, 15) is 8.42 Å². The second-order valence-electron chi connectivity index (χ2n) is 6.07. The molecule has 4 nitrogen and oxygen atoms in total. The minimum atomic E-state index is -3.42. The number of halogens is 1. The highest BCUT2D eigenvalue weighted by molar-refractivity contribution is 9.11. The van der Waals surface area contributed by atoms with Crippen LogP contribution in [0.5, 0.6) is 0 Å². The maximum absolute atomic E-state index is 12.0. The summed E-state index contributed by atoms with van der Waals surface area (Å²) in [5.74, 6) is 0. The van der Waals surface area contributed by atoms with Gasteiger partial charge in [0.05, 0.1) is 3.79 Å². The van der Waals surface area contributed by atoms with Crippen LogP contribution in [0.2, 0.25) is 18.1 Å². The molecule has 1 aromatic rings. The van der Waals surface area contributed by atoms with Gasteiger partial charge in [0.2, 0.25) is 10.0 Å². The molecule has 0 atom stereocenters. The van der Waals surface area contributed by atoms with Gasteiger partial charge in [0.1, 0.15) is 4.21 Å². The molecular weight excluding hydrogens is 378 g/mol. The molecule has 0 aliphatic rings. The van der Waals surface area contributed by atoms with Crippen LogP contribution in [-0.2, 0) is 14.4 Å². The van der Waals surface area contributed by atoms with Crippen LogP contribution in [0.3, 0.4) is 0 Å². The number of thiophene rings is 1. The molecule has 0 saturated carbocycles. The SMILES string of the molecule is CC(C)(C)[Si](C)(C)OCCNS(=O)(=O)c1ccc(Br)s1. The lowest BCUT2D eigenvalue weighted by atomic mass is 10.2. The zero-order valence-electron chi connectivity index (χ0n) is 12.5. The number of nitrogens with one attached hydrogen (secondary N) is 1. The van der Waals surface area contributed by atoms with E-state index in [1.165, 1.54) is 11.3 Å². The summed E-state index contributed by atoms with van der Waals surface area (Å²) in [4.78, 5) is 0. The largest absolute Gasteiger partial charge is 0.415 e. The van der Waals surface area contributed by atoms with Gasteiger partial charge in [0.15, 0.2) is 8.32 Å². The lowest BCUT2D eigenvalue weighted by molar-refractivity contribution is 0.293. The van der Waals surface area contributed by atoms with E-state index in [1.807, 2.05) is 0 Å². The Balaban J connectivity index is 2.50. The molecule has 116 valence electrons. The number of hydrogen-bond donors (Lipinski definition) is 1. The molecule has 0 saturated heterocycles. The Morgan fingerprint density at radius 1 is 1.35 bits per heavy atom. The molecule has 0 bridgehead atoms. The molecule has 20 heavy (non-hydrogen) atoms. The fourth-order valence-corrected chi connectivity index (χ4v) is 5.32. The van der Waals surface area contributed by atoms with Crippen LogP contribution >= 0.6 is 27.3 Å². The van der Waals surface area contributed by atoms with Gasteiger partial charge in [-0.3, -0.25) is 0 Å². The van der Waals surface area contributed by atoms with E-state index in [1.54, 1.807) is 12.1 Å². The molecule has 8 heteroatoms. The summed E-state index contributed by atoms with van der Waals surface area (Å²) in [7, 11) is -5.23. The number of hydrogen-bond acceptors (Lipinski definition) is 4. The topological polar surface area (TPSA) is 55.4 Å². The second kappa shape index (κ2) is 6.58.